The molecule has 0 aliphatic heterocycles. The first-order chi connectivity index (χ1) is 9.46. The Morgan fingerprint density at radius 1 is 1.25 bits per heavy atom. The molecule has 0 unspecified atom stereocenters. The molecule has 4 nitrogen and oxygen atoms in total. The Kier molecular flexibility index (Phi) is 4.96. The van der Waals surface area contributed by atoms with Gasteiger partial charge < -0.3 is 4.74 Å². The molecule has 0 aliphatic rings. The Hall–Kier alpha value is -1.17. The minimum Gasteiger partial charge on any atom is -0.360 e. The normalized spacial score (nSPS) is 11.8. The molecular weight excluding hydrogens is 290 g/mol. The van der Waals surface area contributed by atoms with Crippen LogP contribution in [0.5, 0.6) is 0 Å². The van der Waals surface area contributed by atoms with Gasteiger partial charge in [0.1, 0.15) is 11.9 Å². The van der Waals surface area contributed by atoms with E-state index in [1.807, 2.05) is 16.8 Å². The molecule has 2 rings (SSSR count). The smallest absolute Gasteiger partial charge is 0.139 e. The highest BCUT2D eigenvalue weighted by Gasteiger charge is 2.12. The third kappa shape index (κ3) is 4.44. The zero-order valence-corrected chi connectivity index (χ0v) is 13.9. The Labute approximate surface area is 125 Å². The molecule has 0 saturated heterocycles. The summed E-state index contributed by atoms with van der Waals surface area (Å²) in [5.74, 6) is 0. The van der Waals surface area contributed by atoms with Gasteiger partial charge in [0.2, 0.25) is 0 Å². The Morgan fingerprint density at radius 2 is 2.05 bits per heavy atom. The lowest BCUT2D eigenvalue weighted by Gasteiger charge is -2.15. The van der Waals surface area contributed by atoms with Crippen molar-refractivity contribution < 1.29 is 4.74 Å². The fourth-order valence-electron chi connectivity index (χ4n) is 1.74. The van der Waals surface area contributed by atoms with Crippen LogP contribution in [0.2, 0.25) is 30.8 Å². The lowest BCUT2D eigenvalue weighted by molar-refractivity contribution is 0.0798. The van der Waals surface area contributed by atoms with Crippen LogP contribution in [0.1, 0.15) is 0 Å². The summed E-state index contributed by atoms with van der Waals surface area (Å²) in [7, 11) is -1.04. The molecule has 0 spiro atoms. The first kappa shape index (κ1) is 15.2. The molecule has 0 saturated carbocycles. The molecule has 2 aromatic rings. The SMILES string of the molecule is C[Si](C)(C)CCOCn1nccc1-c1ccc(Cl)nc1. The van der Waals surface area contributed by atoms with E-state index in [1.165, 1.54) is 0 Å². The van der Waals surface area contributed by atoms with Gasteiger partial charge in [-0.2, -0.15) is 5.10 Å². The monoisotopic (exact) mass is 309 g/mol. The zero-order valence-electron chi connectivity index (χ0n) is 12.1. The van der Waals surface area contributed by atoms with E-state index in [1.54, 1.807) is 18.5 Å². The Bertz CT molecular complexity index is 548. The maximum Gasteiger partial charge on any atom is 0.139 e. The van der Waals surface area contributed by atoms with E-state index in [4.69, 9.17) is 16.3 Å². The Morgan fingerprint density at radius 3 is 2.70 bits per heavy atom. The average molecular weight is 310 g/mol. The van der Waals surface area contributed by atoms with Gasteiger partial charge in [0, 0.05) is 32.6 Å². The van der Waals surface area contributed by atoms with Gasteiger partial charge in [-0.1, -0.05) is 31.2 Å². The van der Waals surface area contributed by atoms with Gasteiger partial charge in [-0.25, -0.2) is 9.67 Å². The molecule has 0 aromatic carbocycles. The minimum atomic E-state index is -1.04. The van der Waals surface area contributed by atoms with Gasteiger partial charge in [0.25, 0.3) is 0 Å². The molecule has 20 heavy (non-hydrogen) atoms. The second-order valence-corrected chi connectivity index (χ2v) is 11.9. The number of halogens is 1. The van der Waals surface area contributed by atoms with Gasteiger partial charge in [0.05, 0.1) is 5.69 Å². The molecule has 0 radical (unpaired) electrons. The van der Waals surface area contributed by atoms with E-state index >= 15 is 0 Å². The number of hydrogen-bond donors (Lipinski definition) is 0. The molecule has 0 bridgehead atoms. The lowest BCUT2D eigenvalue weighted by atomic mass is 10.2. The van der Waals surface area contributed by atoms with E-state index in [2.05, 4.69) is 29.7 Å². The summed E-state index contributed by atoms with van der Waals surface area (Å²) < 4.78 is 7.57. The van der Waals surface area contributed by atoms with Gasteiger partial charge in [-0.05, 0) is 24.2 Å². The maximum absolute atomic E-state index is 5.80. The molecule has 0 fully saturated rings. The molecule has 2 heterocycles. The number of rotatable bonds is 6. The summed E-state index contributed by atoms with van der Waals surface area (Å²) in [5.41, 5.74) is 1.97. The summed E-state index contributed by atoms with van der Waals surface area (Å²) >= 11 is 5.80. The van der Waals surface area contributed by atoms with Crippen molar-refractivity contribution in [1.29, 1.82) is 0 Å². The van der Waals surface area contributed by atoms with Crippen LogP contribution in [-0.4, -0.2) is 29.4 Å². The average Bonchev–Trinajstić information content (AvgIpc) is 2.83. The summed E-state index contributed by atoms with van der Waals surface area (Å²) in [6.45, 7) is 8.28. The minimum absolute atomic E-state index is 0.468. The van der Waals surface area contributed by atoms with Gasteiger partial charge in [0.15, 0.2) is 0 Å². The van der Waals surface area contributed by atoms with Crippen molar-refractivity contribution in [2.75, 3.05) is 6.61 Å². The van der Waals surface area contributed by atoms with E-state index < -0.39 is 8.07 Å². The van der Waals surface area contributed by atoms with E-state index in [-0.39, 0.29) is 0 Å². The molecule has 6 heteroatoms. The quantitative estimate of drug-likeness (QED) is 0.461. The van der Waals surface area contributed by atoms with E-state index in [0.717, 1.165) is 23.9 Å². The molecule has 0 atom stereocenters. The van der Waals surface area contributed by atoms with Crippen molar-refractivity contribution >= 4 is 19.7 Å². The number of pyridine rings is 1. The number of nitrogens with zero attached hydrogens (tertiary/aromatic N) is 3. The van der Waals surface area contributed by atoms with Crippen LogP contribution >= 0.6 is 11.6 Å². The lowest BCUT2D eigenvalue weighted by Crippen LogP contribution is -2.22. The summed E-state index contributed by atoms with van der Waals surface area (Å²) in [6, 6.07) is 6.82. The van der Waals surface area contributed by atoms with Crippen LogP contribution in [0.3, 0.4) is 0 Å². The highest BCUT2D eigenvalue weighted by Crippen LogP contribution is 2.19. The molecule has 0 aliphatic carbocycles. The highest BCUT2D eigenvalue weighted by molar-refractivity contribution is 6.76. The Balaban J connectivity index is 1.97. The predicted molar refractivity (Wildman–Crippen MR) is 84.6 cm³/mol. The molecular formula is C14H20ClN3OSi. The van der Waals surface area contributed by atoms with Crippen LogP contribution in [0.4, 0.5) is 0 Å². The first-order valence-corrected chi connectivity index (χ1v) is 10.8. The summed E-state index contributed by atoms with van der Waals surface area (Å²) in [5, 5.41) is 4.78. The fraction of sp³-hybridized carbons (Fsp3) is 0.429. The van der Waals surface area contributed by atoms with E-state index in [9.17, 15) is 0 Å². The van der Waals surface area contributed by atoms with Crippen LogP contribution in [0.25, 0.3) is 11.3 Å². The fourth-order valence-corrected chi connectivity index (χ4v) is 2.61. The number of aromatic nitrogens is 3. The van der Waals surface area contributed by atoms with Crippen molar-refractivity contribution in [3.63, 3.8) is 0 Å². The molecule has 0 amide bonds. The van der Waals surface area contributed by atoms with Crippen molar-refractivity contribution in [3.05, 3.63) is 35.7 Å². The van der Waals surface area contributed by atoms with E-state index in [0.29, 0.717) is 11.9 Å². The largest absolute Gasteiger partial charge is 0.360 e. The van der Waals surface area contributed by atoms with Gasteiger partial charge >= 0.3 is 0 Å². The van der Waals surface area contributed by atoms with Gasteiger partial charge in [-0.15, -0.1) is 0 Å². The highest BCUT2D eigenvalue weighted by atomic mass is 35.5. The third-order valence-electron chi connectivity index (χ3n) is 2.95. The summed E-state index contributed by atoms with van der Waals surface area (Å²) in [6.07, 6.45) is 3.52. The van der Waals surface area contributed by atoms with Crippen molar-refractivity contribution in [3.8, 4) is 11.3 Å². The van der Waals surface area contributed by atoms with Crippen LogP contribution in [-0.2, 0) is 11.5 Å². The second-order valence-electron chi connectivity index (χ2n) is 5.93. The van der Waals surface area contributed by atoms with Crippen LogP contribution in [0, 0.1) is 0 Å². The number of hydrogen-bond acceptors (Lipinski definition) is 3. The first-order valence-electron chi connectivity index (χ1n) is 6.67. The van der Waals surface area contributed by atoms with Crippen molar-refractivity contribution in [1.82, 2.24) is 14.8 Å². The summed E-state index contributed by atoms with van der Waals surface area (Å²) in [4.78, 5) is 4.09. The van der Waals surface area contributed by atoms with Crippen molar-refractivity contribution in [2.45, 2.75) is 32.4 Å². The second kappa shape index (κ2) is 6.52. The van der Waals surface area contributed by atoms with Gasteiger partial charge in [-0.3, -0.25) is 0 Å². The molecule has 0 N–H and O–H groups in total. The van der Waals surface area contributed by atoms with Crippen molar-refractivity contribution in [2.24, 2.45) is 0 Å². The topological polar surface area (TPSA) is 39.9 Å². The standard InChI is InChI=1S/C14H20ClN3OSi/c1-20(2,3)9-8-19-11-18-13(6-7-17-18)12-4-5-14(15)16-10-12/h4-7,10H,8-9,11H2,1-3H3. The zero-order chi connectivity index (χ0) is 14.6. The van der Waals surface area contributed by atoms with Crippen LogP contribution < -0.4 is 0 Å². The molecule has 2 aromatic heterocycles. The maximum atomic E-state index is 5.80. The number of ether oxygens (including phenoxy) is 1. The molecule has 108 valence electrons. The van der Waals surface area contributed by atoms with Crippen LogP contribution in [0.15, 0.2) is 30.6 Å². The third-order valence-corrected chi connectivity index (χ3v) is 4.88. The predicted octanol–water partition coefficient (Wildman–Crippen LogP) is 3.91.